The van der Waals surface area contributed by atoms with Crippen LogP contribution in [0.1, 0.15) is 38.5 Å². The summed E-state index contributed by atoms with van der Waals surface area (Å²) in [4.78, 5) is 45.4. The summed E-state index contributed by atoms with van der Waals surface area (Å²) in [6.45, 7) is 1.89. The van der Waals surface area contributed by atoms with Gasteiger partial charge >= 0.3 is 0 Å². The number of amides is 1. The Bertz CT molecular complexity index is 1420. The van der Waals surface area contributed by atoms with Crippen molar-refractivity contribution in [1.29, 1.82) is 0 Å². The second kappa shape index (κ2) is 11.3. The van der Waals surface area contributed by atoms with E-state index in [1.165, 1.54) is 28.0 Å². The third kappa shape index (κ3) is 5.25. The van der Waals surface area contributed by atoms with Gasteiger partial charge < -0.3 is 10.4 Å². The number of carbonyl (C=O) groups is 2. The summed E-state index contributed by atoms with van der Waals surface area (Å²) < 4.78 is 1.62. The van der Waals surface area contributed by atoms with Gasteiger partial charge in [0.25, 0.3) is 5.56 Å². The van der Waals surface area contributed by atoms with Crippen molar-refractivity contribution < 1.29 is 14.7 Å². The van der Waals surface area contributed by atoms with E-state index in [0.717, 1.165) is 65.4 Å². The maximum Gasteiger partial charge on any atom is 0.267 e. The van der Waals surface area contributed by atoms with Crippen LogP contribution in [0.4, 0.5) is 5.00 Å². The molecule has 3 aromatic heterocycles. The summed E-state index contributed by atoms with van der Waals surface area (Å²) in [5, 5.41) is 11.6. The van der Waals surface area contributed by atoms with E-state index in [9.17, 15) is 14.4 Å². The van der Waals surface area contributed by atoms with Crippen molar-refractivity contribution in [3.8, 4) is 5.69 Å². The van der Waals surface area contributed by atoms with E-state index in [-0.39, 0.29) is 17.2 Å². The lowest BCUT2D eigenvalue weighted by molar-refractivity contribution is -0.113. The Morgan fingerprint density at radius 2 is 1.94 bits per heavy atom. The van der Waals surface area contributed by atoms with Gasteiger partial charge in [0.05, 0.1) is 16.8 Å². The van der Waals surface area contributed by atoms with Crippen LogP contribution in [-0.4, -0.2) is 39.7 Å². The number of anilines is 1. The molecule has 0 fully saturated rings. The summed E-state index contributed by atoms with van der Waals surface area (Å²) in [6.07, 6.45) is 4.87. The van der Waals surface area contributed by atoms with Gasteiger partial charge in [-0.1, -0.05) is 30.0 Å². The molecule has 10 heteroatoms. The van der Waals surface area contributed by atoms with Crippen molar-refractivity contribution >= 4 is 61.8 Å². The lowest BCUT2D eigenvalue weighted by atomic mass is 9.97. The van der Waals surface area contributed by atoms with Crippen LogP contribution < -0.4 is 10.9 Å². The summed E-state index contributed by atoms with van der Waals surface area (Å²) in [5.74, 6) is -0.171. The van der Waals surface area contributed by atoms with Crippen LogP contribution >= 0.6 is 34.4 Å². The standard InChI is InChI=1S/C24H21N3O3S3.CH4O/c1-14-11-15(12-28)21(32-14)25-19(29)13-31-24-26-22-20(17-9-5-6-10-18(17)33-22)23(30)27(24)16-7-3-2-4-8-16;1-2/h2-4,7-8,11-12H,5-6,9-10,13H2,1H3,(H,25,29);2H,1H3. The fourth-order valence-corrected chi connectivity index (χ4v) is 7.11. The molecule has 7 nitrogen and oxygen atoms in total. The van der Waals surface area contributed by atoms with Crippen molar-refractivity contribution in [1.82, 2.24) is 9.55 Å². The molecule has 0 saturated carbocycles. The van der Waals surface area contributed by atoms with Crippen molar-refractivity contribution in [2.75, 3.05) is 18.2 Å². The SMILES string of the molecule is CO.Cc1cc(C=O)c(NC(=O)CSc2nc3sc4c(c3c(=O)n2-c2ccccc2)CCCC4)s1. The monoisotopic (exact) mass is 527 g/mol. The van der Waals surface area contributed by atoms with Gasteiger partial charge in [0.2, 0.25) is 5.91 Å². The first-order chi connectivity index (χ1) is 17.0. The Morgan fingerprint density at radius 1 is 1.20 bits per heavy atom. The van der Waals surface area contributed by atoms with Gasteiger partial charge in [-0.2, -0.15) is 0 Å². The average molecular weight is 528 g/mol. The predicted octanol–water partition coefficient (Wildman–Crippen LogP) is 4.85. The number of hydrogen-bond donors (Lipinski definition) is 2. The van der Waals surface area contributed by atoms with Gasteiger partial charge in [-0.25, -0.2) is 4.98 Å². The molecule has 0 aliphatic heterocycles. The summed E-state index contributed by atoms with van der Waals surface area (Å²) in [6, 6.07) is 11.2. The number of aryl methyl sites for hydroxylation is 3. The normalized spacial score (nSPS) is 12.5. The highest BCUT2D eigenvalue weighted by molar-refractivity contribution is 7.99. The molecule has 1 amide bonds. The number of thiophene rings is 2. The Balaban J connectivity index is 0.00000141. The number of carbonyl (C=O) groups excluding carboxylic acids is 2. The molecule has 4 aromatic rings. The molecule has 1 aromatic carbocycles. The number of nitrogens with one attached hydrogen (secondary N) is 1. The molecule has 2 N–H and O–H groups in total. The maximum atomic E-state index is 13.7. The molecule has 0 spiro atoms. The zero-order valence-electron chi connectivity index (χ0n) is 19.4. The highest BCUT2D eigenvalue weighted by atomic mass is 32.2. The highest BCUT2D eigenvalue weighted by Gasteiger charge is 2.23. The second-order valence-electron chi connectivity index (χ2n) is 7.86. The Morgan fingerprint density at radius 3 is 2.69 bits per heavy atom. The zero-order valence-corrected chi connectivity index (χ0v) is 21.8. The van der Waals surface area contributed by atoms with Gasteiger partial charge in [0.1, 0.15) is 9.83 Å². The zero-order chi connectivity index (χ0) is 24.9. The lowest BCUT2D eigenvalue weighted by Gasteiger charge is -2.13. The van der Waals surface area contributed by atoms with Crippen LogP contribution in [0, 0.1) is 6.92 Å². The molecule has 0 atom stereocenters. The number of hydrogen-bond acceptors (Lipinski definition) is 8. The fraction of sp³-hybridized carbons (Fsp3) is 0.280. The van der Waals surface area contributed by atoms with Crippen LogP contribution in [0.25, 0.3) is 15.9 Å². The smallest absolute Gasteiger partial charge is 0.267 e. The van der Waals surface area contributed by atoms with Crippen LogP contribution in [0.2, 0.25) is 0 Å². The van der Waals surface area contributed by atoms with Gasteiger partial charge in [-0.05, 0) is 56.4 Å². The number of fused-ring (bicyclic) bond motifs is 3. The first-order valence-corrected chi connectivity index (χ1v) is 13.7. The first-order valence-electron chi connectivity index (χ1n) is 11.1. The topological polar surface area (TPSA) is 101 Å². The van der Waals surface area contributed by atoms with Crippen LogP contribution in [0.15, 0.2) is 46.3 Å². The second-order valence-corrected chi connectivity index (χ2v) is 11.1. The molecular formula is C25H25N3O4S3. The number of aromatic nitrogens is 2. The molecule has 1 aliphatic rings. The first kappa shape index (κ1) is 25.3. The van der Waals surface area contributed by atoms with E-state index < -0.39 is 0 Å². The molecule has 35 heavy (non-hydrogen) atoms. The number of aliphatic hydroxyl groups is 1. The van der Waals surface area contributed by atoms with Gasteiger partial charge in [-0.15, -0.1) is 22.7 Å². The quantitative estimate of drug-likeness (QED) is 0.211. The molecule has 1 aliphatic carbocycles. The van der Waals surface area contributed by atoms with Gasteiger partial charge in [0.15, 0.2) is 11.4 Å². The van der Waals surface area contributed by atoms with Crippen molar-refractivity contribution in [2.24, 2.45) is 0 Å². The van der Waals surface area contributed by atoms with Gasteiger partial charge in [-0.3, -0.25) is 19.0 Å². The largest absolute Gasteiger partial charge is 0.400 e. The maximum absolute atomic E-state index is 13.7. The van der Waals surface area contributed by atoms with Crippen molar-refractivity contribution in [3.05, 3.63) is 67.6 Å². The number of thioether (sulfide) groups is 1. The predicted molar refractivity (Wildman–Crippen MR) is 144 cm³/mol. The molecule has 3 heterocycles. The number of aliphatic hydroxyl groups excluding tert-OH is 1. The number of aldehydes is 1. The fourth-order valence-electron chi connectivity index (χ4n) is 4.10. The minimum atomic E-state index is -0.246. The summed E-state index contributed by atoms with van der Waals surface area (Å²) in [7, 11) is 1.00. The summed E-state index contributed by atoms with van der Waals surface area (Å²) >= 11 is 4.20. The van der Waals surface area contributed by atoms with Crippen molar-refractivity contribution in [2.45, 2.75) is 37.8 Å². The molecule has 0 bridgehead atoms. The van der Waals surface area contributed by atoms with E-state index >= 15 is 0 Å². The summed E-state index contributed by atoms with van der Waals surface area (Å²) in [5.41, 5.74) is 2.27. The van der Waals surface area contributed by atoms with Crippen molar-refractivity contribution in [3.63, 3.8) is 0 Å². The van der Waals surface area contributed by atoms with E-state index in [2.05, 4.69) is 5.32 Å². The minimum Gasteiger partial charge on any atom is -0.400 e. The van der Waals surface area contributed by atoms with E-state index in [1.807, 2.05) is 37.3 Å². The Kier molecular flexibility index (Phi) is 8.17. The molecule has 0 saturated heterocycles. The number of rotatable bonds is 6. The van der Waals surface area contributed by atoms with Crippen LogP contribution in [0.3, 0.4) is 0 Å². The highest BCUT2D eigenvalue weighted by Crippen LogP contribution is 2.35. The van der Waals surface area contributed by atoms with E-state index in [0.29, 0.717) is 15.7 Å². The average Bonchev–Trinajstić information content (AvgIpc) is 3.43. The lowest BCUT2D eigenvalue weighted by Crippen LogP contribution is -2.23. The van der Waals surface area contributed by atoms with E-state index in [1.54, 1.807) is 22.0 Å². The molecule has 5 rings (SSSR count). The van der Waals surface area contributed by atoms with E-state index in [4.69, 9.17) is 10.1 Å². The molecule has 0 unspecified atom stereocenters. The third-order valence-corrected chi connectivity index (χ3v) is 8.67. The third-order valence-electron chi connectivity index (χ3n) is 5.57. The number of nitrogens with zero attached hydrogens (tertiary/aromatic N) is 2. The number of para-hydroxylation sites is 1. The molecular weight excluding hydrogens is 502 g/mol. The molecule has 182 valence electrons. The Labute approximate surface area is 214 Å². The minimum absolute atomic E-state index is 0.0745. The Hall–Kier alpha value is -2.79. The van der Waals surface area contributed by atoms with Gasteiger partial charge in [0, 0.05) is 22.4 Å². The molecule has 0 radical (unpaired) electrons. The van der Waals surface area contributed by atoms with Crippen LogP contribution in [0.5, 0.6) is 0 Å². The van der Waals surface area contributed by atoms with Crippen LogP contribution in [-0.2, 0) is 17.6 Å². The number of benzene rings is 1.